The Balaban J connectivity index is 1.72. The molecule has 1 saturated carbocycles. The molecule has 20 heavy (non-hydrogen) atoms. The molecule has 0 bridgehead atoms. The average molecular weight is 272 g/mol. The van der Waals surface area contributed by atoms with Gasteiger partial charge in [0.05, 0.1) is 12.8 Å². The van der Waals surface area contributed by atoms with Crippen molar-refractivity contribution >= 4 is 11.6 Å². The summed E-state index contributed by atoms with van der Waals surface area (Å²) in [6, 6.07) is 5.80. The molecule has 0 atom stereocenters. The molecule has 2 aromatic rings. The maximum Gasteiger partial charge on any atom is 0.136 e. The van der Waals surface area contributed by atoms with Gasteiger partial charge in [-0.1, -0.05) is 6.92 Å². The highest BCUT2D eigenvalue weighted by Crippen LogP contribution is 2.38. The number of hydrogen-bond acceptors (Lipinski definition) is 5. The van der Waals surface area contributed by atoms with Gasteiger partial charge in [-0.05, 0) is 31.4 Å². The lowest BCUT2D eigenvalue weighted by Gasteiger charge is -2.10. The van der Waals surface area contributed by atoms with Gasteiger partial charge in [0.2, 0.25) is 0 Å². The topological polar surface area (TPSA) is 63.0 Å². The van der Waals surface area contributed by atoms with Crippen molar-refractivity contribution in [2.75, 3.05) is 17.2 Å². The summed E-state index contributed by atoms with van der Waals surface area (Å²) in [5, 5.41) is 6.64. The molecular formula is C15H20N4O. The van der Waals surface area contributed by atoms with Crippen LogP contribution in [0.15, 0.2) is 28.9 Å². The van der Waals surface area contributed by atoms with E-state index in [0.29, 0.717) is 12.5 Å². The molecule has 0 unspecified atom stereocenters. The molecule has 0 saturated heterocycles. The maximum atomic E-state index is 5.32. The van der Waals surface area contributed by atoms with Gasteiger partial charge in [0.15, 0.2) is 0 Å². The molecule has 0 spiro atoms. The molecule has 1 aliphatic rings. The first-order valence-corrected chi connectivity index (χ1v) is 7.24. The zero-order valence-corrected chi connectivity index (χ0v) is 11.7. The van der Waals surface area contributed by atoms with E-state index in [-0.39, 0.29) is 0 Å². The van der Waals surface area contributed by atoms with E-state index in [0.717, 1.165) is 36.2 Å². The van der Waals surface area contributed by atoms with Crippen LogP contribution in [0, 0.1) is 0 Å². The van der Waals surface area contributed by atoms with Crippen molar-refractivity contribution in [2.24, 2.45) is 0 Å². The fraction of sp³-hybridized carbons (Fsp3) is 0.467. The van der Waals surface area contributed by atoms with Gasteiger partial charge < -0.3 is 15.1 Å². The molecule has 2 N–H and O–H groups in total. The van der Waals surface area contributed by atoms with E-state index in [1.54, 1.807) is 6.26 Å². The Morgan fingerprint density at radius 1 is 1.25 bits per heavy atom. The van der Waals surface area contributed by atoms with Crippen LogP contribution in [-0.2, 0) is 6.54 Å². The van der Waals surface area contributed by atoms with Gasteiger partial charge in [-0.15, -0.1) is 0 Å². The predicted molar refractivity (Wildman–Crippen MR) is 78.8 cm³/mol. The average Bonchev–Trinajstić information content (AvgIpc) is 3.20. The Morgan fingerprint density at radius 2 is 2.05 bits per heavy atom. The van der Waals surface area contributed by atoms with Crippen LogP contribution < -0.4 is 10.6 Å². The Morgan fingerprint density at radius 3 is 2.70 bits per heavy atom. The summed E-state index contributed by atoms with van der Waals surface area (Å²) in [6.07, 6.45) is 5.17. The van der Waals surface area contributed by atoms with Crippen LogP contribution in [-0.4, -0.2) is 16.5 Å². The Kier molecular flexibility index (Phi) is 3.85. The molecule has 2 aromatic heterocycles. The largest absolute Gasteiger partial charge is 0.467 e. The van der Waals surface area contributed by atoms with Gasteiger partial charge >= 0.3 is 0 Å². The van der Waals surface area contributed by atoms with Crippen molar-refractivity contribution < 1.29 is 4.42 Å². The van der Waals surface area contributed by atoms with Crippen molar-refractivity contribution in [3.8, 4) is 0 Å². The van der Waals surface area contributed by atoms with Crippen LogP contribution in [0.2, 0.25) is 0 Å². The van der Waals surface area contributed by atoms with Crippen LogP contribution in [0.25, 0.3) is 0 Å². The second kappa shape index (κ2) is 5.94. The molecule has 1 fully saturated rings. The standard InChI is InChI=1S/C15H20N4O/c1-2-7-16-13-9-14(17-10-12-4-3-8-20-12)19-15(18-13)11-5-6-11/h3-4,8-9,11H,2,5-7,10H2,1H3,(H2,16,17,18,19). The van der Waals surface area contributed by atoms with Crippen LogP contribution in [0.1, 0.15) is 43.7 Å². The first-order chi connectivity index (χ1) is 9.85. The lowest BCUT2D eigenvalue weighted by molar-refractivity contribution is 0.517. The molecule has 2 heterocycles. The molecule has 1 aliphatic carbocycles. The Hall–Kier alpha value is -2.04. The maximum absolute atomic E-state index is 5.32. The molecular weight excluding hydrogens is 252 g/mol. The minimum Gasteiger partial charge on any atom is -0.467 e. The summed E-state index contributed by atoms with van der Waals surface area (Å²) < 4.78 is 5.32. The van der Waals surface area contributed by atoms with Gasteiger partial charge in [-0.2, -0.15) is 0 Å². The Bertz CT molecular complexity index is 549. The zero-order chi connectivity index (χ0) is 13.8. The fourth-order valence-electron chi connectivity index (χ4n) is 2.02. The van der Waals surface area contributed by atoms with Crippen molar-refractivity contribution in [1.82, 2.24) is 9.97 Å². The van der Waals surface area contributed by atoms with E-state index >= 15 is 0 Å². The second-order valence-electron chi connectivity index (χ2n) is 5.13. The number of furan rings is 1. The number of nitrogens with zero attached hydrogens (tertiary/aromatic N) is 2. The minimum absolute atomic E-state index is 0.544. The summed E-state index contributed by atoms with van der Waals surface area (Å²) in [7, 11) is 0. The SMILES string of the molecule is CCCNc1cc(NCc2ccco2)nc(C2CC2)n1. The molecule has 0 aromatic carbocycles. The monoisotopic (exact) mass is 272 g/mol. The third-order valence-electron chi connectivity index (χ3n) is 3.27. The quantitative estimate of drug-likeness (QED) is 0.809. The number of nitrogens with one attached hydrogen (secondary N) is 2. The third kappa shape index (κ3) is 3.29. The molecule has 106 valence electrons. The molecule has 0 amide bonds. The number of anilines is 2. The molecule has 0 radical (unpaired) electrons. The first kappa shape index (κ1) is 13.0. The first-order valence-electron chi connectivity index (χ1n) is 7.24. The Labute approximate surface area is 118 Å². The van der Waals surface area contributed by atoms with E-state index in [1.165, 1.54) is 12.8 Å². The third-order valence-corrected chi connectivity index (χ3v) is 3.27. The van der Waals surface area contributed by atoms with Crippen molar-refractivity contribution in [2.45, 2.75) is 38.6 Å². The number of hydrogen-bond donors (Lipinski definition) is 2. The number of rotatable bonds is 7. The van der Waals surface area contributed by atoms with Gasteiger partial charge in [0.25, 0.3) is 0 Å². The summed E-state index contributed by atoms with van der Waals surface area (Å²) in [5.74, 6) is 4.16. The van der Waals surface area contributed by atoms with Gasteiger partial charge in [0, 0.05) is 18.5 Å². The molecule has 5 heteroatoms. The van der Waals surface area contributed by atoms with E-state index in [4.69, 9.17) is 4.42 Å². The molecule has 0 aliphatic heterocycles. The zero-order valence-electron chi connectivity index (χ0n) is 11.7. The highest BCUT2D eigenvalue weighted by molar-refractivity contribution is 5.48. The number of aromatic nitrogens is 2. The highest BCUT2D eigenvalue weighted by Gasteiger charge is 2.27. The fourth-order valence-corrected chi connectivity index (χ4v) is 2.02. The summed E-state index contributed by atoms with van der Waals surface area (Å²) in [4.78, 5) is 9.19. The summed E-state index contributed by atoms with van der Waals surface area (Å²) in [6.45, 7) is 3.71. The second-order valence-corrected chi connectivity index (χ2v) is 5.13. The van der Waals surface area contributed by atoms with E-state index in [9.17, 15) is 0 Å². The smallest absolute Gasteiger partial charge is 0.136 e. The van der Waals surface area contributed by atoms with E-state index in [1.807, 2.05) is 18.2 Å². The van der Waals surface area contributed by atoms with Crippen molar-refractivity contribution in [1.29, 1.82) is 0 Å². The molecule has 3 rings (SSSR count). The normalized spacial score (nSPS) is 14.2. The van der Waals surface area contributed by atoms with Gasteiger partial charge in [-0.25, -0.2) is 9.97 Å². The van der Waals surface area contributed by atoms with Crippen molar-refractivity contribution in [3.05, 3.63) is 36.0 Å². The van der Waals surface area contributed by atoms with Gasteiger partial charge in [-0.3, -0.25) is 0 Å². The van der Waals surface area contributed by atoms with E-state index in [2.05, 4.69) is 27.5 Å². The lowest BCUT2D eigenvalue weighted by atomic mass is 10.3. The lowest BCUT2D eigenvalue weighted by Crippen LogP contribution is -2.08. The summed E-state index contributed by atoms with van der Waals surface area (Å²) in [5.41, 5.74) is 0. The molecule has 5 nitrogen and oxygen atoms in total. The van der Waals surface area contributed by atoms with Crippen LogP contribution in [0.4, 0.5) is 11.6 Å². The van der Waals surface area contributed by atoms with Crippen LogP contribution >= 0.6 is 0 Å². The summed E-state index contributed by atoms with van der Waals surface area (Å²) >= 11 is 0. The van der Waals surface area contributed by atoms with Gasteiger partial charge in [0.1, 0.15) is 23.2 Å². The minimum atomic E-state index is 0.544. The van der Waals surface area contributed by atoms with Crippen molar-refractivity contribution in [3.63, 3.8) is 0 Å². The van der Waals surface area contributed by atoms with Crippen LogP contribution in [0.3, 0.4) is 0 Å². The van der Waals surface area contributed by atoms with Crippen LogP contribution in [0.5, 0.6) is 0 Å². The predicted octanol–water partition coefficient (Wildman–Crippen LogP) is 3.38. The highest BCUT2D eigenvalue weighted by atomic mass is 16.3. The van der Waals surface area contributed by atoms with E-state index < -0.39 is 0 Å².